The molecule has 717 valence electrons. The van der Waals surface area contributed by atoms with E-state index in [0.717, 1.165) is 177 Å². The summed E-state index contributed by atoms with van der Waals surface area (Å²) in [5.74, 6) is 0.312. The van der Waals surface area contributed by atoms with Gasteiger partial charge in [-0.15, -0.1) is 53.1 Å². The summed E-state index contributed by atoms with van der Waals surface area (Å²) in [6.45, 7) is 45.9. The summed E-state index contributed by atoms with van der Waals surface area (Å²) in [5.41, 5.74) is 23.7. The minimum atomic E-state index is -0.417. The van der Waals surface area contributed by atoms with Crippen LogP contribution in [-0.2, 0) is 74.7 Å². The Hall–Kier alpha value is -13.0. The number of allylic oxidation sites excluding steroid dienone is 6. The van der Waals surface area contributed by atoms with E-state index in [4.69, 9.17) is 18.2 Å². The first-order valence-electron chi connectivity index (χ1n) is 45.7. The van der Waals surface area contributed by atoms with Crippen molar-refractivity contribution in [2.45, 2.75) is 166 Å². The average Bonchev–Trinajstić information content (AvgIpc) is 1.63. The normalized spacial score (nSPS) is 12.2. The number of pyridine rings is 2. The molecular formula is C119H117Ir3N8O9-3. The summed E-state index contributed by atoms with van der Waals surface area (Å²) in [5, 5.41) is 40.8. The zero-order chi connectivity index (χ0) is 98.0. The Morgan fingerprint density at radius 2 is 0.655 bits per heavy atom. The molecule has 17 nitrogen and oxygen atoms in total. The zero-order valence-corrected chi connectivity index (χ0v) is 90.3. The second-order valence-electron chi connectivity index (χ2n) is 40.9. The standard InChI is InChI=1S/C32H21N2O.2C27H18N3O.3C11H20O2.3Ir/c1-19-15-26-30-20(2)7-5-12-29(30)35-32(26)27(16-19)31-25-14-13-22(17-28(25)33-18-34-31)24-11-6-9-21-8-3-4-10-23(21)24;1-16-11-21-25-17(2)5-3-7-24(25)31-27(21)22(12-16)26-20-9-8-18(13-23(20)29-15-30-26)19-6-4-10-28-14-19;1-16-12-20-25-17(2)6-5-8-24(25)31-27(20)21(13-16)26-19-10-9-18(14-23(19)29-15-30-26)22-7-3-4-11-28-22;3*1-10(2,3)8(12)7-9(13)11(4,5)6;;;/h3-15,17-18H,1-2H3;3-11,13-15H,1-2H3;3-12,14-15H,1-2H3;3*7,12H,1-6H3;;;/q3*-1;;;;;;. The van der Waals surface area contributed by atoms with Crippen LogP contribution in [-0.4, -0.2) is 72.5 Å². The second kappa shape index (κ2) is 43.2. The van der Waals surface area contributed by atoms with Gasteiger partial charge in [-0.2, -0.15) is 0 Å². The van der Waals surface area contributed by atoms with Crippen LogP contribution in [0.1, 0.15) is 158 Å². The number of hydrogen-bond donors (Lipinski definition) is 3. The molecule has 0 saturated heterocycles. The fourth-order valence-corrected chi connectivity index (χ4v) is 15.5. The molecule has 8 heterocycles. The molecule has 0 atom stereocenters. The smallest absolute Gasteiger partial charge is 0.164 e. The minimum absolute atomic E-state index is 0. The zero-order valence-electron chi connectivity index (χ0n) is 83.1. The summed E-state index contributed by atoms with van der Waals surface area (Å²) in [6.07, 6.45) is 14.3. The van der Waals surface area contributed by atoms with Crippen molar-refractivity contribution in [3.63, 3.8) is 0 Å². The van der Waals surface area contributed by atoms with Crippen LogP contribution in [0.3, 0.4) is 0 Å². The molecule has 0 aliphatic heterocycles. The van der Waals surface area contributed by atoms with Gasteiger partial charge in [-0.05, 0) is 136 Å². The van der Waals surface area contributed by atoms with Crippen LogP contribution in [0.4, 0.5) is 0 Å². The van der Waals surface area contributed by atoms with Crippen LogP contribution < -0.4 is 0 Å². The van der Waals surface area contributed by atoms with E-state index in [0.29, 0.717) is 0 Å². The van der Waals surface area contributed by atoms with Crippen LogP contribution in [0, 0.1) is 92.2 Å². The largest absolute Gasteiger partial charge is 0.512 e. The first-order valence-corrected chi connectivity index (χ1v) is 45.7. The van der Waals surface area contributed by atoms with Crippen molar-refractivity contribution >= 4 is 127 Å². The Bertz CT molecular complexity index is 7530. The molecule has 11 aromatic carbocycles. The van der Waals surface area contributed by atoms with E-state index in [1.165, 1.54) is 51.3 Å². The first-order chi connectivity index (χ1) is 64.2. The third-order valence-electron chi connectivity index (χ3n) is 23.6. The number of aliphatic hydroxyl groups is 3. The number of carbonyl (C=O) groups is 3. The van der Waals surface area contributed by atoms with Crippen LogP contribution >= 0.6 is 0 Å². The van der Waals surface area contributed by atoms with Crippen LogP contribution in [0.25, 0.3) is 177 Å². The fraction of sp³-hybridized carbons (Fsp3) is 0.252. The molecule has 0 aliphatic carbocycles. The molecule has 3 radical (unpaired) electrons. The number of benzene rings is 11. The topological polar surface area (TPSA) is 254 Å². The fourth-order valence-electron chi connectivity index (χ4n) is 15.5. The van der Waals surface area contributed by atoms with Gasteiger partial charge in [0, 0.05) is 174 Å². The Morgan fingerprint density at radius 3 is 1.01 bits per heavy atom. The summed E-state index contributed by atoms with van der Waals surface area (Å²) in [4.78, 5) is 70.8. The van der Waals surface area contributed by atoms with Gasteiger partial charge in [0.2, 0.25) is 0 Å². The maximum atomic E-state index is 11.5. The summed E-state index contributed by atoms with van der Waals surface area (Å²) >= 11 is 0. The Morgan fingerprint density at radius 1 is 0.309 bits per heavy atom. The number of ketones is 3. The Labute approximate surface area is 853 Å². The number of furan rings is 3. The SMILES string of the molecule is CC(C)(C)C(=O)C=C(O)C(C)(C)C.CC(C)(C)C(=O)C=C(O)C(C)(C)C.CC(C)(C)C(=O)C=C(O)C(C)(C)C.Cc1[c-]c(-c2ncnc3cc(-c4cccc5ccccc45)ccc23)c2oc3cccc(C)c3c2c1.Cc1[c-]c(-c2ncnc3cc(-c4ccccn4)ccc23)c2oc3cccc(C)c3c2c1.Cc1[c-]c(-c2ncnc3cc(-c4cccnc4)ccc23)c2oc3cccc(C)c3c2c1.[Ir].[Ir].[Ir]. The first kappa shape index (κ1) is 106. The molecule has 0 fully saturated rings. The van der Waals surface area contributed by atoms with Crippen molar-refractivity contribution in [2.24, 2.45) is 32.5 Å². The van der Waals surface area contributed by atoms with Gasteiger partial charge in [0.05, 0.1) is 39.0 Å². The number of aromatic nitrogens is 8. The number of rotatable bonds is 9. The number of carbonyl (C=O) groups excluding carboxylic acids is 3. The molecule has 3 N–H and O–H groups in total. The molecule has 0 aliphatic rings. The maximum absolute atomic E-state index is 11.5. The third-order valence-corrected chi connectivity index (χ3v) is 23.6. The molecule has 139 heavy (non-hydrogen) atoms. The molecule has 8 aromatic heterocycles. The van der Waals surface area contributed by atoms with Crippen molar-refractivity contribution in [1.29, 1.82) is 0 Å². The summed E-state index contributed by atoms with van der Waals surface area (Å²) in [6, 6.07) is 79.0. The summed E-state index contributed by atoms with van der Waals surface area (Å²) < 4.78 is 19.0. The van der Waals surface area contributed by atoms with Gasteiger partial charge in [-0.3, -0.25) is 39.3 Å². The molecule has 0 unspecified atom stereocenters. The van der Waals surface area contributed by atoms with Crippen LogP contribution in [0.2, 0.25) is 0 Å². The number of aryl methyl sites for hydroxylation is 6. The molecule has 19 aromatic rings. The number of hydrogen-bond acceptors (Lipinski definition) is 17. The van der Waals surface area contributed by atoms with E-state index in [2.05, 4.69) is 228 Å². The predicted molar refractivity (Wildman–Crippen MR) is 555 cm³/mol. The number of nitrogens with zero attached hydrogens (tertiary/aromatic N) is 8. The van der Waals surface area contributed by atoms with Crippen molar-refractivity contribution in [3.8, 4) is 67.3 Å². The second-order valence-corrected chi connectivity index (χ2v) is 40.9. The minimum Gasteiger partial charge on any atom is -0.512 e. The van der Waals surface area contributed by atoms with Crippen molar-refractivity contribution in [2.75, 3.05) is 0 Å². The van der Waals surface area contributed by atoms with Gasteiger partial charge in [0.15, 0.2) is 17.3 Å². The average molecular weight is 2380 g/mol. The molecule has 0 amide bonds. The molecule has 0 spiro atoms. The Kier molecular flexibility index (Phi) is 33.0. The molecule has 0 bridgehead atoms. The predicted octanol–water partition coefficient (Wildman–Crippen LogP) is 31.0. The molecular weight excluding hydrogens is 2260 g/mol. The third kappa shape index (κ3) is 24.3. The van der Waals surface area contributed by atoms with Crippen molar-refractivity contribution < 1.29 is 103 Å². The quantitative estimate of drug-likeness (QED) is 0.0689. The van der Waals surface area contributed by atoms with E-state index in [9.17, 15) is 29.7 Å². The number of aliphatic hydroxyl groups excluding tert-OH is 3. The van der Waals surface area contributed by atoms with Gasteiger partial charge < -0.3 is 28.6 Å². The molecule has 0 saturated carbocycles. The van der Waals surface area contributed by atoms with E-state index < -0.39 is 16.2 Å². The van der Waals surface area contributed by atoms with Gasteiger partial charge in [0.25, 0.3) is 0 Å². The van der Waals surface area contributed by atoms with Gasteiger partial charge in [-0.1, -0.05) is 306 Å². The molecule has 19 rings (SSSR count). The van der Waals surface area contributed by atoms with Gasteiger partial charge >= 0.3 is 0 Å². The monoisotopic (exact) mass is 2380 g/mol. The van der Waals surface area contributed by atoms with Crippen molar-refractivity contribution in [1.82, 2.24) is 39.9 Å². The van der Waals surface area contributed by atoms with E-state index in [-0.39, 0.29) is 111 Å². The van der Waals surface area contributed by atoms with E-state index >= 15 is 0 Å². The summed E-state index contributed by atoms with van der Waals surface area (Å²) in [7, 11) is 0. The van der Waals surface area contributed by atoms with E-state index in [1.54, 1.807) is 31.4 Å². The van der Waals surface area contributed by atoms with Crippen LogP contribution in [0.15, 0.2) is 287 Å². The number of fused-ring (bicyclic) bond motifs is 13. The van der Waals surface area contributed by atoms with Gasteiger partial charge in [-0.25, -0.2) is 15.0 Å². The van der Waals surface area contributed by atoms with Crippen molar-refractivity contribution in [3.05, 3.63) is 325 Å². The molecule has 20 heteroatoms. The van der Waals surface area contributed by atoms with E-state index in [1.807, 2.05) is 198 Å². The van der Waals surface area contributed by atoms with Crippen LogP contribution in [0.5, 0.6) is 0 Å². The van der Waals surface area contributed by atoms with Gasteiger partial charge in [0.1, 0.15) is 53.0 Å². The Balaban J connectivity index is 0.000000167. The maximum Gasteiger partial charge on any atom is 0.164 e.